The van der Waals surface area contributed by atoms with Crippen molar-refractivity contribution in [1.82, 2.24) is 0 Å². The van der Waals surface area contributed by atoms with E-state index in [-0.39, 0.29) is 0 Å². The molecule has 0 amide bonds. The van der Waals surface area contributed by atoms with Gasteiger partial charge in [-0.1, -0.05) is 56.4 Å². The minimum atomic E-state index is -0.582. The molecule has 2 aliphatic rings. The van der Waals surface area contributed by atoms with Crippen molar-refractivity contribution in [2.24, 2.45) is 11.3 Å². The fourth-order valence-corrected chi connectivity index (χ4v) is 4.00. The Hall–Kier alpha value is -1.33. The predicted molar refractivity (Wildman–Crippen MR) is 79.1 cm³/mol. The molecule has 1 saturated carbocycles. The maximum Gasteiger partial charge on any atom is 0.0912 e. The summed E-state index contributed by atoms with van der Waals surface area (Å²) < 4.78 is 0. The van der Waals surface area contributed by atoms with Crippen LogP contribution >= 0.6 is 0 Å². The van der Waals surface area contributed by atoms with Gasteiger partial charge in [0.2, 0.25) is 0 Å². The number of aliphatic hydroxyl groups excluding tert-OH is 1. The first-order valence-electron chi connectivity index (χ1n) is 7.90. The van der Waals surface area contributed by atoms with Crippen LogP contribution in [0.25, 0.3) is 0 Å². The SMILES string of the molecule is N#CC1(C(O)CC2CCCCC2)Cc2ccccc2C1. The highest BCUT2D eigenvalue weighted by atomic mass is 16.3. The summed E-state index contributed by atoms with van der Waals surface area (Å²) >= 11 is 0. The average Bonchev–Trinajstić information content (AvgIpc) is 2.88. The quantitative estimate of drug-likeness (QED) is 0.910. The van der Waals surface area contributed by atoms with E-state index in [9.17, 15) is 10.4 Å². The van der Waals surface area contributed by atoms with Gasteiger partial charge in [-0.25, -0.2) is 0 Å². The summed E-state index contributed by atoms with van der Waals surface area (Å²) in [5, 5.41) is 20.4. The Kier molecular flexibility index (Phi) is 3.81. The van der Waals surface area contributed by atoms with Crippen LogP contribution in [-0.4, -0.2) is 11.2 Å². The molecule has 1 atom stereocenters. The van der Waals surface area contributed by atoms with E-state index in [1.165, 1.54) is 43.2 Å². The molecular weight excluding hydrogens is 246 g/mol. The topological polar surface area (TPSA) is 44.0 Å². The minimum Gasteiger partial charge on any atom is -0.391 e. The fourth-order valence-electron chi connectivity index (χ4n) is 4.00. The predicted octanol–water partition coefficient (Wildman–Crippen LogP) is 3.63. The number of hydrogen-bond donors (Lipinski definition) is 1. The first-order chi connectivity index (χ1) is 9.73. The van der Waals surface area contributed by atoms with Crippen LogP contribution in [0, 0.1) is 22.7 Å². The lowest BCUT2D eigenvalue weighted by Crippen LogP contribution is -2.36. The molecule has 3 rings (SSSR count). The van der Waals surface area contributed by atoms with Gasteiger partial charge < -0.3 is 5.11 Å². The molecular formula is C18H23NO. The Bertz CT molecular complexity index is 485. The second-order valence-electron chi connectivity index (χ2n) is 6.65. The monoisotopic (exact) mass is 269 g/mol. The summed E-state index contributed by atoms with van der Waals surface area (Å²) in [6.07, 6.45) is 8.12. The van der Waals surface area contributed by atoms with Crippen molar-refractivity contribution in [3.05, 3.63) is 35.4 Å². The number of nitriles is 1. The summed E-state index contributed by atoms with van der Waals surface area (Å²) in [5.41, 5.74) is 1.91. The van der Waals surface area contributed by atoms with Gasteiger partial charge in [0.25, 0.3) is 0 Å². The number of hydrogen-bond acceptors (Lipinski definition) is 2. The van der Waals surface area contributed by atoms with Crippen molar-refractivity contribution < 1.29 is 5.11 Å². The second kappa shape index (κ2) is 5.58. The summed E-state index contributed by atoms with van der Waals surface area (Å²) in [4.78, 5) is 0. The first kappa shape index (κ1) is 13.6. The molecule has 0 spiro atoms. The van der Waals surface area contributed by atoms with Crippen molar-refractivity contribution in [2.45, 2.75) is 57.5 Å². The van der Waals surface area contributed by atoms with Gasteiger partial charge in [0.15, 0.2) is 0 Å². The number of fused-ring (bicyclic) bond motifs is 1. The lowest BCUT2D eigenvalue weighted by Gasteiger charge is -2.31. The molecule has 0 aliphatic heterocycles. The smallest absolute Gasteiger partial charge is 0.0912 e. The van der Waals surface area contributed by atoms with E-state index in [1.54, 1.807) is 0 Å². The van der Waals surface area contributed by atoms with Crippen LogP contribution in [0.15, 0.2) is 24.3 Å². The zero-order valence-electron chi connectivity index (χ0n) is 12.0. The summed E-state index contributed by atoms with van der Waals surface area (Å²) in [6, 6.07) is 10.7. The fraction of sp³-hybridized carbons (Fsp3) is 0.611. The summed E-state index contributed by atoms with van der Waals surface area (Å²) in [6.45, 7) is 0. The van der Waals surface area contributed by atoms with Gasteiger partial charge in [0.1, 0.15) is 0 Å². The van der Waals surface area contributed by atoms with Gasteiger partial charge in [0.05, 0.1) is 17.6 Å². The number of benzene rings is 1. The van der Waals surface area contributed by atoms with Crippen LogP contribution in [0.5, 0.6) is 0 Å². The van der Waals surface area contributed by atoms with Crippen LogP contribution < -0.4 is 0 Å². The van der Waals surface area contributed by atoms with Crippen molar-refractivity contribution in [3.63, 3.8) is 0 Å². The largest absolute Gasteiger partial charge is 0.391 e. The van der Waals surface area contributed by atoms with Crippen LogP contribution in [-0.2, 0) is 12.8 Å². The van der Waals surface area contributed by atoms with Gasteiger partial charge in [-0.2, -0.15) is 5.26 Å². The van der Waals surface area contributed by atoms with E-state index in [0.29, 0.717) is 18.8 Å². The van der Waals surface area contributed by atoms with E-state index < -0.39 is 11.5 Å². The Morgan fingerprint density at radius 1 is 1.15 bits per heavy atom. The highest BCUT2D eigenvalue weighted by molar-refractivity contribution is 5.37. The highest BCUT2D eigenvalue weighted by Gasteiger charge is 2.44. The number of aliphatic hydroxyl groups is 1. The minimum absolute atomic E-state index is 0.483. The van der Waals surface area contributed by atoms with E-state index in [1.807, 2.05) is 12.1 Å². The van der Waals surface area contributed by atoms with Crippen LogP contribution in [0.1, 0.15) is 49.7 Å². The van der Waals surface area contributed by atoms with Gasteiger partial charge in [-0.3, -0.25) is 0 Å². The highest BCUT2D eigenvalue weighted by Crippen LogP contribution is 2.42. The summed E-state index contributed by atoms with van der Waals surface area (Å²) in [5.74, 6) is 0.618. The molecule has 0 bridgehead atoms. The van der Waals surface area contributed by atoms with Gasteiger partial charge in [0, 0.05) is 0 Å². The lowest BCUT2D eigenvalue weighted by molar-refractivity contribution is 0.0416. The lowest BCUT2D eigenvalue weighted by atomic mass is 9.74. The molecule has 106 valence electrons. The van der Waals surface area contributed by atoms with E-state index in [4.69, 9.17) is 0 Å². The summed E-state index contributed by atoms with van der Waals surface area (Å²) in [7, 11) is 0. The molecule has 1 N–H and O–H groups in total. The standard InChI is InChI=1S/C18H23NO/c19-13-18(11-15-8-4-5-9-16(15)12-18)17(20)10-14-6-2-1-3-7-14/h4-5,8-9,14,17,20H,1-3,6-7,10-12H2. The maximum absolute atomic E-state index is 10.7. The maximum atomic E-state index is 10.7. The van der Waals surface area contributed by atoms with Crippen molar-refractivity contribution in [1.29, 1.82) is 5.26 Å². The second-order valence-corrected chi connectivity index (χ2v) is 6.65. The molecule has 2 nitrogen and oxygen atoms in total. The average molecular weight is 269 g/mol. The third-order valence-electron chi connectivity index (χ3n) is 5.27. The molecule has 0 saturated heterocycles. The van der Waals surface area contributed by atoms with Crippen molar-refractivity contribution >= 4 is 0 Å². The molecule has 1 aromatic carbocycles. The van der Waals surface area contributed by atoms with Crippen LogP contribution in [0.2, 0.25) is 0 Å². The zero-order valence-corrected chi connectivity index (χ0v) is 12.0. The molecule has 20 heavy (non-hydrogen) atoms. The first-order valence-corrected chi connectivity index (χ1v) is 7.90. The van der Waals surface area contributed by atoms with E-state index in [2.05, 4.69) is 18.2 Å². The van der Waals surface area contributed by atoms with E-state index >= 15 is 0 Å². The molecule has 0 aromatic heterocycles. The Morgan fingerprint density at radius 2 is 1.75 bits per heavy atom. The molecule has 1 unspecified atom stereocenters. The molecule has 1 aromatic rings. The number of nitrogens with zero attached hydrogens (tertiary/aromatic N) is 1. The Morgan fingerprint density at radius 3 is 2.30 bits per heavy atom. The molecule has 2 aliphatic carbocycles. The van der Waals surface area contributed by atoms with Crippen molar-refractivity contribution in [2.75, 3.05) is 0 Å². The van der Waals surface area contributed by atoms with Crippen LogP contribution in [0.3, 0.4) is 0 Å². The van der Waals surface area contributed by atoms with Crippen LogP contribution in [0.4, 0.5) is 0 Å². The van der Waals surface area contributed by atoms with Crippen molar-refractivity contribution in [3.8, 4) is 6.07 Å². The Balaban J connectivity index is 1.72. The van der Waals surface area contributed by atoms with E-state index in [0.717, 1.165) is 6.42 Å². The third-order valence-corrected chi connectivity index (χ3v) is 5.27. The third kappa shape index (κ3) is 2.47. The molecule has 0 heterocycles. The van der Waals surface area contributed by atoms with Gasteiger partial charge in [-0.05, 0) is 36.3 Å². The molecule has 1 fully saturated rings. The zero-order chi connectivity index (χ0) is 14.0. The van der Waals surface area contributed by atoms with Gasteiger partial charge in [-0.15, -0.1) is 0 Å². The number of rotatable bonds is 3. The van der Waals surface area contributed by atoms with Gasteiger partial charge >= 0.3 is 0 Å². The molecule has 2 heteroatoms. The Labute approximate surface area is 121 Å². The molecule has 0 radical (unpaired) electrons. The normalized spacial score (nSPS) is 23.0.